The van der Waals surface area contributed by atoms with E-state index in [2.05, 4.69) is 20.9 Å². The highest BCUT2D eigenvalue weighted by Gasteiger charge is 2.11. The summed E-state index contributed by atoms with van der Waals surface area (Å²) in [5.74, 6) is -0.434. The lowest BCUT2D eigenvalue weighted by molar-refractivity contribution is 0.0945. The second-order valence-corrected chi connectivity index (χ2v) is 7.16. The fourth-order valence-corrected chi connectivity index (χ4v) is 3.27. The Labute approximate surface area is 179 Å². The monoisotopic (exact) mass is 413 g/mol. The standard InChI is InChI=1S/C24H23N5O2/c1-26-18-10-11-20-17(12-18)13-22(28-20)24(31)27-14-15-6-8-16(9-7-15)23(30)29-21-5-3-2-4-19(21)25/h2-13,26,28H,14,25H2,1H3,(H,27,31)(H,29,30). The Balaban J connectivity index is 1.37. The van der Waals surface area contributed by atoms with Crippen LogP contribution in [-0.2, 0) is 6.54 Å². The van der Waals surface area contributed by atoms with Gasteiger partial charge >= 0.3 is 0 Å². The predicted octanol–water partition coefficient (Wildman–Crippen LogP) is 3.97. The summed E-state index contributed by atoms with van der Waals surface area (Å²) in [6.45, 7) is 0.351. The molecule has 0 saturated carbocycles. The van der Waals surface area contributed by atoms with Gasteiger partial charge in [-0.1, -0.05) is 24.3 Å². The van der Waals surface area contributed by atoms with Crippen molar-refractivity contribution in [2.75, 3.05) is 23.4 Å². The molecule has 0 aliphatic carbocycles. The first kappa shape index (κ1) is 20.0. The van der Waals surface area contributed by atoms with Crippen molar-refractivity contribution in [2.24, 2.45) is 0 Å². The van der Waals surface area contributed by atoms with Crippen LogP contribution in [0.2, 0.25) is 0 Å². The van der Waals surface area contributed by atoms with Gasteiger partial charge in [0.1, 0.15) is 5.69 Å². The van der Waals surface area contributed by atoms with Crippen LogP contribution in [0.25, 0.3) is 10.9 Å². The molecule has 0 aliphatic heterocycles. The van der Waals surface area contributed by atoms with Gasteiger partial charge in [-0.15, -0.1) is 0 Å². The van der Waals surface area contributed by atoms with Crippen LogP contribution in [-0.4, -0.2) is 23.8 Å². The maximum Gasteiger partial charge on any atom is 0.267 e. The number of nitrogens with two attached hydrogens (primary N) is 1. The Kier molecular flexibility index (Phi) is 5.57. The third-order valence-corrected chi connectivity index (χ3v) is 5.03. The summed E-state index contributed by atoms with van der Waals surface area (Å²) in [7, 11) is 1.85. The Morgan fingerprint density at radius 1 is 0.935 bits per heavy atom. The smallest absolute Gasteiger partial charge is 0.267 e. The molecule has 0 radical (unpaired) electrons. The van der Waals surface area contributed by atoms with Crippen LogP contribution in [0.3, 0.4) is 0 Å². The van der Waals surface area contributed by atoms with Crippen molar-refractivity contribution in [1.29, 1.82) is 0 Å². The maximum absolute atomic E-state index is 12.5. The van der Waals surface area contributed by atoms with E-state index in [9.17, 15) is 9.59 Å². The minimum Gasteiger partial charge on any atom is -0.397 e. The zero-order valence-electron chi connectivity index (χ0n) is 17.0. The van der Waals surface area contributed by atoms with Crippen LogP contribution < -0.4 is 21.7 Å². The molecule has 0 unspecified atom stereocenters. The molecule has 6 N–H and O–H groups in total. The Bertz CT molecular complexity index is 1240. The molecule has 4 rings (SSSR count). The molecular formula is C24H23N5O2. The number of hydrogen-bond donors (Lipinski definition) is 5. The molecule has 7 heteroatoms. The average Bonchev–Trinajstić information content (AvgIpc) is 3.22. The summed E-state index contributed by atoms with van der Waals surface area (Å²) in [6.07, 6.45) is 0. The van der Waals surface area contributed by atoms with Gasteiger partial charge in [0.25, 0.3) is 11.8 Å². The molecule has 2 amide bonds. The van der Waals surface area contributed by atoms with Crippen LogP contribution in [0.5, 0.6) is 0 Å². The number of para-hydroxylation sites is 2. The number of nitrogens with one attached hydrogen (secondary N) is 4. The van der Waals surface area contributed by atoms with E-state index in [1.807, 2.05) is 55.6 Å². The topological polar surface area (TPSA) is 112 Å². The van der Waals surface area contributed by atoms with Crippen molar-refractivity contribution >= 4 is 39.8 Å². The molecule has 31 heavy (non-hydrogen) atoms. The Morgan fingerprint density at radius 2 is 1.71 bits per heavy atom. The van der Waals surface area contributed by atoms with Crippen LogP contribution in [0.4, 0.5) is 17.1 Å². The highest BCUT2D eigenvalue weighted by atomic mass is 16.2. The van der Waals surface area contributed by atoms with Crippen LogP contribution in [0, 0.1) is 0 Å². The van der Waals surface area contributed by atoms with Gasteiger partial charge in [-0.3, -0.25) is 9.59 Å². The number of amides is 2. The van der Waals surface area contributed by atoms with E-state index >= 15 is 0 Å². The van der Waals surface area contributed by atoms with Gasteiger partial charge in [0.15, 0.2) is 0 Å². The van der Waals surface area contributed by atoms with E-state index < -0.39 is 0 Å². The Morgan fingerprint density at radius 3 is 2.45 bits per heavy atom. The van der Waals surface area contributed by atoms with Gasteiger partial charge < -0.3 is 26.7 Å². The van der Waals surface area contributed by atoms with Gasteiger partial charge in [-0.05, 0) is 54.1 Å². The third kappa shape index (κ3) is 4.51. The summed E-state index contributed by atoms with van der Waals surface area (Å²) in [4.78, 5) is 28.1. The van der Waals surface area contributed by atoms with Crippen molar-refractivity contribution in [1.82, 2.24) is 10.3 Å². The number of carbonyl (C=O) groups excluding carboxylic acids is 2. The lowest BCUT2D eigenvalue weighted by atomic mass is 10.1. The molecule has 156 valence electrons. The Hall–Kier alpha value is -4.26. The van der Waals surface area contributed by atoms with Gasteiger partial charge in [-0.25, -0.2) is 0 Å². The summed E-state index contributed by atoms with van der Waals surface area (Å²) >= 11 is 0. The van der Waals surface area contributed by atoms with E-state index in [4.69, 9.17) is 5.73 Å². The second kappa shape index (κ2) is 8.62. The first-order chi connectivity index (χ1) is 15.0. The quantitative estimate of drug-likeness (QED) is 0.308. The first-order valence-electron chi connectivity index (χ1n) is 9.87. The number of carbonyl (C=O) groups is 2. The van der Waals surface area contributed by atoms with Gasteiger partial charge in [0, 0.05) is 35.7 Å². The van der Waals surface area contributed by atoms with E-state index in [1.165, 1.54) is 0 Å². The molecule has 0 spiro atoms. The highest BCUT2D eigenvalue weighted by Crippen LogP contribution is 2.20. The molecule has 4 aromatic rings. The third-order valence-electron chi connectivity index (χ3n) is 5.03. The lowest BCUT2D eigenvalue weighted by Gasteiger charge is -2.09. The number of fused-ring (bicyclic) bond motifs is 1. The number of benzene rings is 3. The molecule has 7 nitrogen and oxygen atoms in total. The fourth-order valence-electron chi connectivity index (χ4n) is 3.27. The number of hydrogen-bond acceptors (Lipinski definition) is 4. The molecule has 3 aromatic carbocycles. The molecule has 1 heterocycles. The summed E-state index contributed by atoms with van der Waals surface area (Å²) in [5.41, 5.74) is 10.7. The molecule has 0 bridgehead atoms. The minimum atomic E-state index is -0.243. The highest BCUT2D eigenvalue weighted by molar-refractivity contribution is 6.05. The van der Waals surface area contributed by atoms with Crippen molar-refractivity contribution < 1.29 is 9.59 Å². The summed E-state index contributed by atoms with van der Waals surface area (Å²) < 4.78 is 0. The summed E-state index contributed by atoms with van der Waals surface area (Å²) in [6, 6.07) is 21.9. The van der Waals surface area contributed by atoms with Crippen LogP contribution >= 0.6 is 0 Å². The lowest BCUT2D eigenvalue weighted by Crippen LogP contribution is -2.23. The predicted molar refractivity (Wildman–Crippen MR) is 124 cm³/mol. The number of nitrogen functional groups attached to an aromatic ring is 1. The molecule has 0 aliphatic rings. The number of H-pyrrole nitrogens is 1. The van der Waals surface area contributed by atoms with Crippen molar-refractivity contribution in [3.63, 3.8) is 0 Å². The van der Waals surface area contributed by atoms with Gasteiger partial charge in [-0.2, -0.15) is 0 Å². The molecule has 0 atom stereocenters. The van der Waals surface area contributed by atoms with E-state index in [0.717, 1.165) is 22.2 Å². The number of aromatic nitrogens is 1. The van der Waals surface area contributed by atoms with Crippen molar-refractivity contribution in [3.8, 4) is 0 Å². The minimum absolute atomic E-state index is 0.191. The normalized spacial score (nSPS) is 10.6. The average molecular weight is 413 g/mol. The van der Waals surface area contributed by atoms with Crippen LogP contribution in [0.1, 0.15) is 26.4 Å². The number of aromatic amines is 1. The molecular weight excluding hydrogens is 390 g/mol. The van der Waals surface area contributed by atoms with Crippen LogP contribution in [0.15, 0.2) is 72.8 Å². The molecule has 1 aromatic heterocycles. The zero-order valence-corrected chi connectivity index (χ0v) is 17.0. The van der Waals surface area contributed by atoms with Gasteiger partial charge in [0.05, 0.1) is 11.4 Å². The second-order valence-electron chi connectivity index (χ2n) is 7.16. The van der Waals surface area contributed by atoms with Gasteiger partial charge in [0.2, 0.25) is 0 Å². The maximum atomic E-state index is 12.5. The van der Waals surface area contributed by atoms with E-state index in [0.29, 0.717) is 29.2 Å². The SMILES string of the molecule is CNc1ccc2[nH]c(C(=O)NCc3ccc(C(=O)Nc4ccccc4N)cc3)cc2c1. The van der Waals surface area contributed by atoms with E-state index in [1.54, 1.807) is 24.3 Å². The molecule has 0 fully saturated rings. The zero-order chi connectivity index (χ0) is 21.8. The first-order valence-corrected chi connectivity index (χ1v) is 9.87. The fraction of sp³-hybridized carbons (Fsp3) is 0.0833. The van der Waals surface area contributed by atoms with Crippen molar-refractivity contribution in [2.45, 2.75) is 6.54 Å². The largest absolute Gasteiger partial charge is 0.397 e. The van der Waals surface area contributed by atoms with E-state index in [-0.39, 0.29) is 11.8 Å². The summed E-state index contributed by atoms with van der Waals surface area (Å²) in [5, 5.41) is 9.74. The number of anilines is 3. The number of rotatable bonds is 6. The molecule has 0 saturated heterocycles. The van der Waals surface area contributed by atoms with Crippen molar-refractivity contribution in [3.05, 3.63) is 89.6 Å².